The summed E-state index contributed by atoms with van der Waals surface area (Å²) < 4.78 is 71.9. The van der Waals surface area contributed by atoms with Gasteiger partial charge in [-0.05, 0) is 66.7 Å². The minimum Gasteiger partial charge on any atom is -0.457 e. The summed E-state index contributed by atoms with van der Waals surface area (Å²) in [4.78, 5) is 9.01. The lowest BCUT2D eigenvalue weighted by atomic mass is 10.3. The van der Waals surface area contributed by atoms with Gasteiger partial charge in [0.25, 0.3) is 0 Å². The van der Waals surface area contributed by atoms with E-state index in [1.54, 1.807) is 72.8 Å². The van der Waals surface area contributed by atoms with Gasteiger partial charge in [-0.2, -0.15) is 16.8 Å². The van der Waals surface area contributed by atoms with Crippen molar-refractivity contribution in [2.75, 3.05) is 0 Å². The molecule has 5 rings (SSSR count). The highest BCUT2D eigenvalue weighted by atomic mass is 32.2. The first-order valence-corrected chi connectivity index (χ1v) is 15.1. The fourth-order valence-corrected chi connectivity index (χ4v) is 5.06. The molecular weight excluding hydrogens is 584 g/mol. The third kappa shape index (κ3) is 7.65. The molecule has 0 fully saturated rings. The Morgan fingerprint density at radius 1 is 0.357 bits per heavy atom. The SMILES string of the molecule is O=S(=O)(OOc1cccc(Oc2ccccc2)c1)c1cccc(S(=O)(=O)OOc2cccc(Oc3ccccc3)c2)c1. The zero-order valence-electron chi connectivity index (χ0n) is 21.6. The quantitative estimate of drug-likeness (QED) is 0.112. The topological polar surface area (TPSA) is 124 Å². The molecule has 0 aliphatic carbocycles. The van der Waals surface area contributed by atoms with Gasteiger partial charge in [0, 0.05) is 12.1 Å². The Bertz CT molecular complexity index is 1730. The highest BCUT2D eigenvalue weighted by Gasteiger charge is 2.24. The third-order valence-corrected chi connectivity index (χ3v) is 7.55. The Morgan fingerprint density at radius 2 is 0.714 bits per heavy atom. The molecule has 0 N–H and O–H groups in total. The van der Waals surface area contributed by atoms with Gasteiger partial charge in [-0.25, -0.2) is 0 Å². The summed E-state index contributed by atoms with van der Waals surface area (Å²) in [6.45, 7) is 0. The largest absolute Gasteiger partial charge is 0.457 e. The third-order valence-electron chi connectivity index (χ3n) is 5.39. The minimum atomic E-state index is -4.56. The Labute approximate surface area is 242 Å². The van der Waals surface area contributed by atoms with E-state index in [9.17, 15) is 16.8 Å². The van der Waals surface area contributed by atoms with Crippen LogP contribution in [0.3, 0.4) is 0 Å². The summed E-state index contributed by atoms with van der Waals surface area (Å²) >= 11 is 0. The van der Waals surface area contributed by atoms with Crippen molar-refractivity contribution in [3.8, 4) is 34.5 Å². The monoisotopic (exact) mass is 606 g/mol. The van der Waals surface area contributed by atoms with E-state index in [2.05, 4.69) is 0 Å². The van der Waals surface area contributed by atoms with Crippen molar-refractivity contribution in [1.82, 2.24) is 0 Å². The van der Waals surface area contributed by atoms with Crippen LogP contribution in [0.4, 0.5) is 0 Å². The molecular formula is C30H22O10S2. The molecule has 0 saturated carbocycles. The van der Waals surface area contributed by atoms with Gasteiger partial charge < -0.3 is 19.2 Å². The molecule has 0 radical (unpaired) electrons. The molecule has 0 unspecified atom stereocenters. The fourth-order valence-electron chi connectivity index (χ4n) is 3.46. The second kappa shape index (κ2) is 12.7. The number of ether oxygens (including phenoxy) is 2. The van der Waals surface area contributed by atoms with Crippen LogP contribution in [0, 0.1) is 0 Å². The molecule has 12 heteroatoms. The molecule has 0 aromatic heterocycles. The molecule has 5 aromatic rings. The first-order chi connectivity index (χ1) is 20.3. The first-order valence-electron chi connectivity index (χ1n) is 12.3. The van der Waals surface area contributed by atoms with E-state index in [0.29, 0.717) is 23.0 Å². The maximum atomic E-state index is 12.8. The van der Waals surface area contributed by atoms with Crippen molar-refractivity contribution in [3.05, 3.63) is 133 Å². The molecule has 0 spiro atoms. The van der Waals surface area contributed by atoms with Gasteiger partial charge >= 0.3 is 20.2 Å². The first kappa shape index (κ1) is 28.6. The number of hydrogen-bond acceptors (Lipinski definition) is 10. The lowest BCUT2D eigenvalue weighted by Crippen LogP contribution is -2.13. The van der Waals surface area contributed by atoms with Crippen molar-refractivity contribution in [1.29, 1.82) is 0 Å². The Hall–Kier alpha value is -4.88. The van der Waals surface area contributed by atoms with Gasteiger partial charge in [0.1, 0.15) is 23.0 Å². The number of hydrogen-bond donors (Lipinski definition) is 0. The standard InChI is InChI=1S/C30H22O10S2/c31-41(32,39-37-27-16-7-14-25(20-27)35-23-10-3-1-4-11-23)29-18-9-19-30(22-29)42(33,34)40-38-28-17-8-15-26(21-28)36-24-12-5-2-6-13-24/h1-22H. The van der Waals surface area contributed by atoms with E-state index in [-0.39, 0.29) is 11.5 Å². The van der Waals surface area contributed by atoms with Crippen LogP contribution in [0.1, 0.15) is 0 Å². The second-order valence-corrected chi connectivity index (χ2v) is 11.5. The number of para-hydroxylation sites is 2. The summed E-state index contributed by atoms with van der Waals surface area (Å²) in [5.74, 6) is 1.96. The Kier molecular flexibility index (Phi) is 8.69. The van der Waals surface area contributed by atoms with Crippen LogP contribution >= 0.6 is 0 Å². The van der Waals surface area contributed by atoms with Crippen molar-refractivity contribution in [3.63, 3.8) is 0 Å². The molecule has 0 amide bonds. The van der Waals surface area contributed by atoms with Crippen LogP contribution < -0.4 is 19.2 Å². The molecule has 5 aromatic carbocycles. The summed E-state index contributed by atoms with van der Waals surface area (Å²) in [5.41, 5.74) is 0. The van der Waals surface area contributed by atoms with Crippen molar-refractivity contribution in [2.24, 2.45) is 0 Å². The molecule has 0 heterocycles. The summed E-state index contributed by atoms with van der Waals surface area (Å²) in [6.07, 6.45) is 0. The van der Waals surface area contributed by atoms with Crippen LogP contribution in [-0.2, 0) is 28.9 Å². The number of benzene rings is 5. The Morgan fingerprint density at radius 3 is 1.14 bits per heavy atom. The lowest BCUT2D eigenvalue weighted by Gasteiger charge is -2.10. The highest BCUT2D eigenvalue weighted by Crippen LogP contribution is 2.28. The second-order valence-electron chi connectivity index (χ2n) is 8.47. The fraction of sp³-hybridized carbons (Fsp3) is 0. The van der Waals surface area contributed by atoms with E-state index < -0.39 is 30.0 Å². The van der Waals surface area contributed by atoms with Crippen molar-refractivity contribution in [2.45, 2.75) is 9.79 Å². The zero-order chi connectivity index (χ0) is 29.4. The maximum absolute atomic E-state index is 12.8. The molecule has 0 aliphatic heterocycles. The van der Waals surface area contributed by atoms with Crippen molar-refractivity contribution < 1.29 is 44.8 Å². The van der Waals surface area contributed by atoms with Gasteiger partial charge in [-0.15, -0.1) is 0 Å². The zero-order valence-corrected chi connectivity index (χ0v) is 23.2. The van der Waals surface area contributed by atoms with Gasteiger partial charge in [0.05, 0.1) is 9.79 Å². The smallest absolute Gasteiger partial charge is 0.332 e. The molecule has 0 aliphatic rings. The minimum absolute atomic E-state index is 0.0333. The van der Waals surface area contributed by atoms with E-state index in [4.69, 9.17) is 27.9 Å². The molecule has 42 heavy (non-hydrogen) atoms. The Balaban J connectivity index is 1.23. The van der Waals surface area contributed by atoms with Gasteiger partial charge in [-0.3, -0.25) is 0 Å². The van der Waals surface area contributed by atoms with Crippen LogP contribution in [0.25, 0.3) is 0 Å². The summed E-state index contributed by atoms with van der Waals surface area (Å²) in [7, 11) is -9.11. The molecule has 214 valence electrons. The van der Waals surface area contributed by atoms with Crippen LogP contribution in [-0.4, -0.2) is 16.8 Å². The van der Waals surface area contributed by atoms with Crippen LogP contribution in [0.2, 0.25) is 0 Å². The molecule has 0 bridgehead atoms. The average Bonchev–Trinajstić information content (AvgIpc) is 3.01. The van der Waals surface area contributed by atoms with Gasteiger partial charge in [-0.1, -0.05) is 63.3 Å². The molecule has 0 atom stereocenters. The van der Waals surface area contributed by atoms with Gasteiger partial charge in [0.2, 0.25) is 0 Å². The van der Waals surface area contributed by atoms with Crippen LogP contribution in [0.15, 0.2) is 143 Å². The predicted octanol–water partition coefficient (Wildman–Crippen LogP) is 6.67. The van der Waals surface area contributed by atoms with E-state index >= 15 is 0 Å². The summed E-state index contributed by atoms with van der Waals surface area (Å²) in [5, 5.41) is 0. The normalized spacial score (nSPS) is 11.4. The maximum Gasteiger partial charge on any atom is 0.332 e. The van der Waals surface area contributed by atoms with E-state index in [1.165, 1.54) is 30.3 Å². The van der Waals surface area contributed by atoms with Crippen LogP contribution in [0.5, 0.6) is 34.5 Å². The van der Waals surface area contributed by atoms with Gasteiger partial charge in [0.15, 0.2) is 11.5 Å². The van der Waals surface area contributed by atoms with Crippen molar-refractivity contribution >= 4 is 20.2 Å². The molecule has 0 saturated heterocycles. The van der Waals surface area contributed by atoms with E-state index in [0.717, 1.165) is 18.2 Å². The predicted molar refractivity (Wildman–Crippen MR) is 150 cm³/mol. The average molecular weight is 607 g/mol. The lowest BCUT2D eigenvalue weighted by molar-refractivity contribution is -0.0931. The highest BCUT2D eigenvalue weighted by molar-refractivity contribution is 7.87. The summed E-state index contributed by atoms with van der Waals surface area (Å²) in [6, 6.07) is 34.4. The number of rotatable bonds is 12. The van der Waals surface area contributed by atoms with E-state index in [1.807, 2.05) is 12.1 Å². The molecule has 10 nitrogen and oxygen atoms in total.